The molecule has 1 aromatic heterocycles. The summed E-state index contributed by atoms with van der Waals surface area (Å²) in [7, 11) is 1.60. The molecular formula is C11H17N3O. The molecule has 4 heteroatoms. The number of aryl methyl sites for hydroxylation is 1. The Kier molecular flexibility index (Phi) is 4.09. The number of methoxy groups -OCH3 is 1. The van der Waals surface area contributed by atoms with E-state index in [4.69, 9.17) is 4.74 Å². The van der Waals surface area contributed by atoms with Crippen LogP contribution in [0.25, 0.3) is 0 Å². The zero-order chi connectivity index (χ0) is 11.3. The lowest BCUT2D eigenvalue weighted by Gasteiger charge is -2.06. The minimum absolute atomic E-state index is 0.585. The van der Waals surface area contributed by atoms with Gasteiger partial charge in [-0.2, -0.15) is 4.98 Å². The summed E-state index contributed by atoms with van der Waals surface area (Å²) in [4.78, 5) is 8.35. The lowest BCUT2D eigenvalue weighted by atomic mass is 10.3. The van der Waals surface area contributed by atoms with E-state index in [0.29, 0.717) is 11.7 Å². The maximum absolute atomic E-state index is 5.06. The summed E-state index contributed by atoms with van der Waals surface area (Å²) in [5.74, 6) is 2.08. The number of allylic oxidation sites excluding steroid dienone is 1. The fourth-order valence-electron chi connectivity index (χ4n) is 1.10. The Morgan fingerprint density at radius 2 is 2.20 bits per heavy atom. The molecule has 0 atom stereocenters. The van der Waals surface area contributed by atoms with Gasteiger partial charge in [-0.3, -0.25) is 0 Å². The summed E-state index contributed by atoms with van der Waals surface area (Å²) in [5, 5.41) is 3.18. The lowest BCUT2D eigenvalue weighted by molar-refractivity contribution is 0.396. The fraction of sp³-hybridized carbons (Fsp3) is 0.455. The lowest BCUT2D eigenvalue weighted by Crippen LogP contribution is -2.03. The molecule has 0 amide bonds. The molecular weight excluding hydrogens is 190 g/mol. The number of aromatic nitrogens is 2. The van der Waals surface area contributed by atoms with Gasteiger partial charge >= 0.3 is 0 Å². The van der Waals surface area contributed by atoms with Crippen molar-refractivity contribution >= 4 is 5.82 Å². The Bertz CT molecular complexity index is 357. The monoisotopic (exact) mass is 207 g/mol. The predicted octanol–water partition coefficient (Wildman–Crippen LogP) is 2.17. The third-order valence-electron chi connectivity index (χ3n) is 1.82. The van der Waals surface area contributed by atoms with Gasteiger partial charge in [-0.05, 0) is 20.8 Å². The first-order chi connectivity index (χ1) is 7.11. The highest BCUT2D eigenvalue weighted by molar-refractivity contribution is 5.39. The summed E-state index contributed by atoms with van der Waals surface area (Å²) in [6, 6.07) is 1.78. The van der Waals surface area contributed by atoms with Crippen molar-refractivity contribution in [3.8, 4) is 5.88 Å². The number of nitrogens with one attached hydrogen (secondary N) is 1. The summed E-state index contributed by atoms with van der Waals surface area (Å²) >= 11 is 0. The number of anilines is 1. The van der Waals surface area contributed by atoms with E-state index in [1.165, 1.54) is 5.57 Å². The molecule has 0 unspecified atom stereocenters. The van der Waals surface area contributed by atoms with Gasteiger partial charge in [-0.15, -0.1) is 0 Å². The van der Waals surface area contributed by atoms with Crippen molar-refractivity contribution in [2.45, 2.75) is 20.8 Å². The Balaban J connectivity index is 2.68. The number of ether oxygens (including phenoxy) is 1. The molecule has 0 aliphatic carbocycles. The average molecular weight is 207 g/mol. The van der Waals surface area contributed by atoms with Crippen molar-refractivity contribution in [3.05, 3.63) is 23.5 Å². The summed E-state index contributed by atoms with van der Waals surface area (Å²) in [6.45, 7) is 6.73. The first-order valence-electron chi connectivity index (χ1n) is 4.88. The van der Waals surface area contributed by atoms with Gasteiger partial charge in [0.25, 0.3) is 0 Å². The van der Waals surface area contributed by atoms with Crippen LogP contribution in [0.3, 0.4) is 0 Å². The van der Waals surface area contributed by atoms with Crippen LogP contribution in [0.15, 0.2) is 17.7 Å². The quantitative estimate of drug-likeness (QED) is 0.769. The first kappa shape index (κ1) is 11.5. The summed E-state index contributed by atoms with van der Waals surface area (Å²) in [6.07, 6.45) is 2.10. The topological polar surface area (TPSA) is 47.0 Å². The summed E-state index contributed by atoms with van der Waals surface area (Å²) in [5.41, 5.74) is 1.28. The molecule has 15 heavy (non-hydrogen) atoms. The van der Waals surface area contributed by atoms with E-state index in [0.717, 1.165) is 12.4 Å². The third-order valence-corrected chi connectivity index (χ3v) is 1.82. The maximum Gasteiger partial charge on any atom is 0.218 e. The first-order valence-corrected chi connectivity index (χ1v) is 4.88. The maximum atomic E-state index is 5.06. The molecule has 0 spiro atoms. The van der Waals surface area contributed by atoms with E-state index in [9.17, 15) is 0 Å². The SMILES string of the molecule is COc1cc(NCC=C(C)C)nc(C)n1. The van der Waals surface area contributed by atoms with Crippen LogP contribution in [0.5, 0.6) is 5.88 Å². The number of rotatable bonds is 4. The number of hydrogen-bond donors (Lipinski definition) is 1. The molecule has 0 aliphatic rings. The van der Waals surface area contributed by atoms with E-state index < -0.39 is 0 Å². The molecule has 0 aliphatic heterocycles. The predicted molar refractivity (Wildman–Crippen MR) is 61.2 cm³/mol. The van der Waals surface area contributed by atoms with Gasteiger partial charge in [0.05, 0.1) is 7.11 Å². The van der Waals surface area contributed by atoms with E-state index in [1.807, 2.05) is 6.92 Å². The molecule has 1 N–H and O–H groups in total. The Hall–Kier alpha value is -1.58. The Labute approximate surface area is 90.4 Å². The van der Waals surface area contributed by atoms with Crippen molar-refractivity contribution in [3.63, 3.8) is 0 Å². The number of nitrogens with zero attached hydrogens (tertiary/aromatic N) is 2. The second kappa shape index (κ2) is 5.34. The molecule has 1 rings (SSSR count). The van der Waals surface area contributed by atoms with Crippen LogP contribution in [0.1, 0.15) is 19.7 Å². The minimum atomic E-state index is 0.585. The van der Waals surface area contributed by atoms with Crippen LogP contribution < -0.4 is 10.1 Å². The number of hydrogen-bond acceptors (Lipinski definition) is 4. The van der Waals surface area contributed by atoms with Crippen molar-refractivity contribution in [2.24, 2.45) is 0 Å². The van der Waals surface area contributed by atoms with E-state index in [-0.39, 0.29) is 0 Å². The van der Waals surface area contributed by atoms with Gasteiger partial charge in [0.15, 0.2) is 0 Å². The van der Waals surface area contributed by atoms with E-state index >= 15 is 0 Å². The van der Waals surface area contributed by atoms with Crippen molar-refractivity contribution in [1.82, 2.24) is 9.97 Å². The van der Waals surface area contributed by atoms with Gasteiger partial charge in [0, 0.05) is 12.6 Å². The molecule has 0 aromatic carbocycles. The van der Waals surface area contributed by atoms with Gasteiger partial charge in [-0.1, -0.05) is 11.6 Å². The van der Waals surface area contributed by atoms with Crippen molar-refractivity contribution in [1.29, 1.82) is 0 Å². The second-order valence-corrected chi connectivity index (χ2v) is 3.51. The highest BCUT2D eigenvalue weighted by atomic mass is 16.5. The third kappa shape index (κ3) is 3.97. The molecule has 1 heterocycles. The van der Waals surface area contributed by atoms with Gasteiger partial charge in [-0.25, -0.2) is 4.98 Å². The van der Waals surface area contributed by atoms with Crippen LogP contribution in [0.4, 0.5) is 5.82 Å². The Morgan fingerprint density at radius 1 is 1.47 bits per heavy atom. The normalized spacial score (nSPS) is 9.60. The Morgan fingerprint density at radius 3 is 2.80 bits per heavy atom. The van der Waals surface area contributed by atoms with Crippen LogP contribution in [0.2, 0.25) is 0 Å². The highest BCUT2D eigenvalue weighted by Gasteiger charge is 1.99. The van der Waals surface area contributed by atoms with Crippen molar-refractivity contribution < 1.29 is 4.74 Å². The van der Waals surface area contributed by atoms with Gasteiger partial charge in [0.1, 0.15) is 11.6 Å². The zero-order valence-electron chi connectivity index (χ0n) is 9.66. The van der Waals surface area contributed by atoms with Crippen LogP contribution in [0, 0.1) is 6.92 Å². The van der Waals surface area contributed by atoms with E-state index in [1.54, 1.807) is 13.2 Å². The molecule has 0 fully saturated rings. The smallest absolute Gasteiger partial charge is 0.218 e. The molecule has 1 aromatic rings. The van der Waals surface area contributed by atoms with Crippen LogP contribution in [-0.2, 0) is 0 Å². The van der Waals surface area contributed by atoms with Crippen LogP contribution in [-0.4, -0.2) is 23.6 Å². The largest absolute Gasteiger partial charge is 0.481 e. The minimum Gasteiger partial charge on any atom is -0.481 e. The van der Waals surface area contributed by atoms with Crippen LogP contribution >= 0.6 is 0 Å². The average Bonchev–Trinajstić information content (AvgIpc) is 2.16. The van der Waals surface area contributed by atoms with Crippen molar-refractivity contribution in [2.75, 3.05) is 19.0 Å². The fourth-order valence-corrected chi connectivity index (χ4v) is 1.10. The molecule has 0 radical (unpaired) electrons. The van der Waals surface area contributed by atoms with E-state index in [2.05, 4.69) is 35.2 Å². The standard InChI is InChI=1S/C11H17N3O/c1-8(2)5-6-12-10-7-11(15-4)14-9(3)13-10/h5,7H,6H2,1-4H3,(H,12,13,14). The van der Waals surface area contributed by atoms with Gasteiger partial charge < -0.3 is 10.1 Å². The highest BCUT2D eigenvalue weighted by Crippen LogP contribution is 2.12. The zero-order valence-corrected chi connectivity index (χ0v) is 9.66. The molecule has 4 nitrogen and oxygen atoms in total. The molecule has 0 saturated carbocycles. The molecule has 82 valence electrons. The second-order valence-electron chi connectivity index (χ2n) is 3.51. The summed E-state index contributed by atoms with van der Waals surface area (Å²) < 4.78 is 5.06. The molecule has 0 bridgehead atoms. The van der Waals surface area contributed by atoms with Gasteiger partial charge in [0.2, 0.25) is 5.88 Å². The molecule has 0 saturated heterocycles.